The van der Waals surface area contributed by atoms with Crippen LogP contribution in [0.3, 0.4) is 0 Å². The van der Waals surface area contributed by atoms with E-state index in [2.05, 4.69) is 10.6 Å². The summed E-state index contributed by atoms with van der Waals surface area (Å²) < 4.78 is 5.47. The molecule has 0 aromatic carbocycles. The van der Waals surface area contributed by atoms with Crippen molar-refractivity contribution >= 4 is 5.91 Å². The molecule has 0 spiro atoms. The number of carbonyl (C=O) groups excluding carboxylic acids is 1. The first kappa shape index (κ1) is 13.8. The second-order valence-electron chi connectivity index (χ2n) is 5.48. The smallest absolute Gasteiger partial charge is 0.221 e. The third kappa shape index (κ3) is 4.94. The van der Waals surface area contributed by atoms with Crippen molar-refractivity contribution in [2.45, 2.75) is 63.5 Å². The number of hydrogen-bond acceptors (Lipinski definition) is 3. The Bertz CT molecular complexity index is 246. The van der Waals surface area contributed by atoms with Crippen LogP contribution in [-0.4, -0.2) is 37.7 Å². The first-order valence-corrected chi connectivity index (χ1v) is 7.46. The first-order valence-electron chi connectivity index (χ1n) is 7.46. The first-order chi connectivity index (χ1) is 8.84. The molecular weight excluding hydrogens is 228 g/mol. The fourth-order valence-electron chi connectivity index (χ4n) is 2.82. The van der Waals surface area contributed by atoms with Crippen LogP contribution in [0.2, 0.25) is 0 Å². The van der Waals surface area contributed by atoms with Crippen molar-refractivity contribution in [1.82, 2.24) is 10.6 Å². The monoisotopic (exact) mass is 254 g/mol. The normalized spacial score (nSPS) is 25.2. The van der Waals surface area contributed by atoms with Gasteiger partial charge in [0.1, 0.15) is 0 Å². The van der Waals surface area contributed by atoms with Gasteiger partial charge in [-0.1, -0.05) is 19.3 Å². The minimum Gasteiger partial charge on any atom is -0.376 e. The average molecular weight is 254 g/mol. The Morgan fingerprint density at radius 2 is 1.94 bits per heavy atom. The molecule has 4 heteroatoms. The lowest BCUT2D eigenvalue weighted by Gasteiger charge is -2.22. The van der Waals surface area contributed by atoms with Crippen molar-refractivity contribution in [1.29, 1.82) is 0 Å². The van der Waals surface area contributed by atoms with Crippen LogP contribution >= 0.6 is 0 Å². The highest BCUT2D eigenvalue weighted by Crippen LogP contribution is 2.17. The van der Waals surface area contributed by atoms with Gasteiger partial charge in [-0.3, -0.25) is 4.79 Å². The summed E-state index contributed by atoms with van der Waals surface area (Å²) in [6, 6.07) is 0.643. The van der Waals surface area contributed by atoms with Gasteiger partial charge in [-0.25, -0.2) is 0 Å². The van der Waals surface area contributed by atoms with Crippen LogP contribution in [0.25, 0.3) is 0 Å². The van der Waals surface area contributed by atoms with Gasteiger partial charge in [-0.2, -0.15) is 0 Å². The fourth-order valence-corrected chi connectivity index (χ4v) is 2.82. The van der Waals surface area contributed by atoms with Crippen LogP contribution in [0.15, 0.2) is 0 Å². The van der Waals surface area contributed by atoms with Gasteiger partial charge in [0.15, 0.2) is 0 Å². The minimum atomic E-state index is 0.147. The van der Waals surface area contributed by atoms with Crippen molar-refractivity contribution in [3.05, 3.63) is 0 Å². The van der Waals surface area contributed by atoms with Crippen LogP contribution in [0.4, 0.5) is 0 Å². The summed E-state index contributed by atoms with van der Waals surface area (Å²) in [4.78, 5) is 11.6. The van der Waals surface area contributed by atoms with E-state index in [-0.39, 0.29) is 12.0 Å². The van der Waals surface area contributed by atoms with E-state index in [9.17, 15) is 4.79 Å². The zero-order chi connectivity index (χ0) is 12.6. The highest BCUT2D eigenvalue weighted by Gasteiger charge is 2.16. The Kier molecular flexibility index (Phi) is 5.94. The maximum atomic E-state index is 11.6. The number of ether oxygens (including phenoxy) is 1. The summed E-state index contributed by atoms with van der Waals surface area (Å²) in [5.41, 5.74) is 0. The van der Waals surface area contributed by atoms with E-state index < -0.39 is 0 Å². The third-order valence-corrected chi connectivity index (χ3v) is 3.94. The van der Waals surface area contributed by atoms with Gasteiger partial charge in [0, 0.05) is 32.2 Å². The van der Waals surface area contributed by atoms with Gasteiger partial charge in [0.2, 0.25) is 5.91 Å². The van der Waals surface area contributed by atoms with Crippen molar-refractivity contribution in [3.8, 4) is 0 Å². The van der Waals surface area contributed by atoms with Crippen LogP contribution in [0.5, 0.6) is 0 Å². The van der Waals surface area contributed by atoms with Gasteiger partial charge in [0.05, 0.1) is 6.10 Å². The molecule has 2 rings (SSSR count). The molecular formula is C14H26N2O2. The summed E-state index contributed by atoms with van der Waals surface area (Å²) >= 11 is 0. The predicted molar refractivity (Wildman–Crippen MR) is 71.5 cm³/mol. The van der Waals surface area contributed by atoms with E-state index >= 15 is 0 Å². The molecule has 1 heterocycles. The SMILES string of the molecule is O=C(CCNC1CCCCC1)NCC1CCCO1. The Morgan fingerprint density at radius 3 is 2.67 bits per heavy atom. The Hall–Kier alpha value is -0.610. The summed E-state index contributed by atoms with van der Waals surface area (Å²) in [6.07, 6.45) is 9.65. The second kappa shape index (κ2) is 7.74. The van der Waals surface area contributed by atoms with Gasteiger partial charge in [-0.15, -0.1) is 0 Å². The molecule has 4 nitrogen and oxygen atoms in total. The summed E-state index contributed by atoms with van der Waals surface area (Å²) in [5.74, 6) is 0.147. The number of nitrogens with one attached hydrogen (secondary N) is 2. The quantitative estimate of drug-likeness (QED) is 0.757. The van der Waals surface area contributed by atoms with Gasteiger partial charge < -0.3 is 15.4 Å². The lowest BCUT2D eigenvalue weighted by Crippen LogP contribution is -2.36. The van der Waals surface area contributed by atoms with Crippen molar-refractivity contribution < 1.29 is 9.53 Å². The number of rotatable bonds is 6. The lowest BCUT2D eigenvalue weighted by atomic mass is 9.95. The van der Waals surface area contributed by atoms with E-state index in [1.54, 1.807) is 0 Å². The number of amides is 1. The second-order valence-corrected chi connectivity index (χ2v) is 5.48. The molecule has 1 atom stereocenters. The Labute approximate surface area is 110 Å². The molecule has 1 saturated heterocycles. The van der Waals surface area contributed by atoms with Crippen molar-refractivity contribution in [3.63, 3.8) is 0 Å². The summed E-state index contributed by atoms with van der Waals surface area (Å²) in [6.45, 7) is 2.34. The van der Waals surface area contributed by atoms with Gasteiger partial charge >= 0.3 is 0 Å². The molecule has 2 fully saturated rings. The molecule has 0 aromatic heterocycles. The Morgan fingerprint density at radius 1 is 1.11 bits per heavy atom. The maximum Gasteiger partial charge on any atom is 0.221 e. The third-order valence-electron chi connectivity index (χ3n) is 3.94. The van der Waals surface area contributed by atoms with Crippen LogP contribution in [-0.2, 0) is 9.53 Å². The van der Waals surface area contributed by atoms with Crippen LogP contribution in [0, 0.1) is 0 Å². The van der Waals surface area contributed by atoms with E-state index in [0.29, 0.717) is 19.0 Å². The van der Waals surface area contributed by atoms with Gasteiger partial charge in [-0.05, 0) is 25.7 Å². The Balaban J connectivity index is 1.48. The molecule has 0 aromatic rings. The van der Waals surface area contributed by atoms with Crippen molar-refractivity contribution in [2.24, 2.45) is 0 Å². The molecule has 2 aliphatic rings. The highest BCUT2D eigenvalue weighted by molar-refractivity contribution is 5.76. The standard InChI is InChI=1S/C14H26N2O2/c17-14(16-11-13-7-4-10-18-13)8-9-15-12-5-2-1-3-6-12/h12-13,15H,1-11H2,(H,16,17). The van der Waals surface area contributed by atoms with Crippen molar-refractivity contribution in [2.75, 3.05) is 19.7 Å². The zero-order valence-corrected chi connectivity index (χ0v) is 11.2. The van der Waals surface area contributed by atoms with Crippen LogP contribution in [0.1, 0.15) is 51.4 Å². The highest BCUT2D eigenvalue weighted by atomic mass is 16.5. The maximum absolute atomic E-state index is 11.6. The molecule has 18 heavy (non-hydrogen) atoms. The molecule has 1 unspecified atom stereocenters. The molecule has 1 saturated carbocycles. The molecule has 1 aliphatic carbocycles. The predicted octanol–water partition coefficient (Wildman–Crippen LogP) is 1.59. The zero-order valence-electron chi connectivity index (χ0n) is 11.2. The number of hydrogen-bond donors (Lipinski definition) is 2. The topological polar surface area (TPSA) is 50.4 Å². The molecule has 2 N–H and O–H groups in total. The molecule has 0 radical (unpaired) electrons. The van der Waals surface area contributed by atoms with E-state index in [4.69, 9.17) is 4.74 Å². The fraction of sp³-hybridized carbons (Fsp3) is 0.929. The molecule has 104 valence electrons. The molecule has 1 amide bonds. The minimum absolute atomic E-state index is 0.147. The molecule has 0 bridgehead atoms. The summed E-state index contributed by atoms with van der Waals surface area (Å²) in [7, 11) is 0. The summed E-state index contributed by atoms with van der Waals surface area (Å²) in [5, 5.41) is 6.45. The lowest BCUT2D eigenvalue weighted by molar-refractivity contribution is -0.121. The average Bonchev–Trinajstić information content (AvgIpc) is 2.91. The molecule has 1 aliphatic heterocycles. The van der Waals surface area contributed by atoms with Gasteiger partial charge in [0.25, 0.3) is 0 Å². The van der Waals surface area contributed by atoms with E-state index in [0.717, 1.165) is 26.0 Å². The van der Waals surface area contributed by atoms with E-state index in [1.807, 2.05) is 0 Å². The van der Waals surface area contributed by atoms with Crippen LogP contribution < -0.4 is 10.6 Å². The number of carbonyl (C=O) groups is 1. The van der Waals surface area contributed by atoms with E-state index in [1.165, 1.54) is 32.1 Å². The largest absolute Gasteiger partial charge is 0.376 e.